The zero-order chi connectivity index (χ0) is 14.2. The quantitative estimate of drug-likeness (QED) is 0.534. The van der Waals surface area contributed by atoms with Gasteiger partial charge in [-0.05, 0) is 30.9 Å². The summed E-state index contributed by atoms with van der Waals surface area (Å²) in [6.07, 6.45) is 10.3. The highest BCUT2D eigenvalue weighted by molar-refractivity contribution is 5.98. The van der Waals surface area contributed by atoms with E-state index in [9.17, 15) is 4.79 Å². The molecule has 0 bridgehead atoms. The first-order valence-electron chi connectivity index (χ1n) is 8.22. The Morgan fingerprint density at radius 2 is 1.95 bits per heavy atom. The van der Waals surface area contributed by atoms with Crippen molar-refractivity contribution in [2.24, 2.45) is 0 Å². The van der Waals surface area contributed by atoms with Crippen LogP contribution in [0.3, 0.4) is 0 Å². The highest BCUT2D eigenvalue weighted by Gasteiger charge is 2.16. The van der Waals surface area contributed by atoms with Crippen molar-refractivity contribution >= 4 is 11.5 Å². The van der Waals surface area contributed by atoms with Crippen molar-refractivity contribution in [3.8, 4) is 0 Å². The molecule has 0 aliphatic carbocycles. The molecule has 20 heavy (non-hydrogen) atoms. The number of hydrogen-bond acceptors (Lipinski definition) is 2. The molecule has 1 N–H and O–H groups in total. The average molecular weight is 273 g/mol. The third-order valence-electron chi connectivity index (χ3n) is 4.15. The molecule has 0 spiro atoms. The van der Waals surface area contributed by atoms with Crippen molar-refractivity contribution < 1.29 is 4.79 Å². The van der Waals surface area contributed by atoms with Crippen LogP contribution in [0.5, 0.6) is 0 Å². The summed E-state index contributed by atoms with van der Waals surface area (Å²) in [6, 6.07) is 6.10. The SMILES string of the molecule is CCCCCCCCC(=O)c1cccc2c1CCCN2. The van der Waals surface area contributed by atoms with Gasteiger partial charge in [0, 0.05) is 24.2 Å². The lowest BCUT2D eigenvalue weighted by Gasteiger charge is -2.20. The van der Waals surface area contributed by atoms with E-state index < -0.39 is 0 Å². The molecule has 0 fully saturated rings. The fourth-order valence-corrected chi connectivity index (χ4v) is 2.97. The highest BCUT2D eigenvalue weighted by atomic mass is 16.1. The number of carbonyl (C=O) groups is 1. The van der Waals surface area contributed by atoms with Gasteiger partial charge in [-0.15, -0.1) is 0 Å². The van der Waals surface area contributed by atoms with Crippen LogP contribution >= 0.6 is 0 Å². The maximum atomic E-state index is 12.4. The van der Waals surface area contributed by atoms with Gasteiger partial charge in [0.25, 0.3) is 0 Å². The molecule has 1 aromatic carbocycles. The fourth-order valence-electron chi connectivity index (χ4n) is 2.97. The van der Waals surface area contributed by atoms with Crippen LogP contribution in [0.1, 0.15) is 74.2 Å². The normalized spacial score (nSPS) is 13.7. The number of unbranched alkanes of at least 4 members (excludes halogenated alkanes) is 5. The molecule has 110 valence electrons. The molecule has 0 unspecified atom stereocenters. The molecule has 2 rings (SSSR count). The minimum Gasteiger partial charge on any atom is -0.385 e. The van der Waals surface area contributed by atoms with Gasteiger partial charge in [-0.2, -0.15) is 0 Å². The smallest absolute Gasteiger partial charge is 0.163 e. The fraction of sp³-hybridized carbons (Fsp3) is 0.611. The van der Waals surface area contributed by atoms with E-state index in [4.69, 9.17) is 0 Å². The Morgan fingerprint density at radius 3 is 2.80 bits per heavy atom. The third-order valence-corrected chi connectivity index (χ3v) is 4.15. The molecule has 1 aliphatic heterocycles. The molecule has 0 saturated carbocycles. The average Bonchev–Trinajstić information content (AvgIpc) is 2.50. The summed E-state index contributed by atoms with van der Waals surface area (Å²) >= 11 is 0. The van der Waals surface area contributed by atoms with Gasteiger partial charge in [0.2, 0.25) is 0 Å². The Balaban J connectivity index is 1.83. The van der Waals surface area contributed by atoms with E-state index in [0.717, 1.165) is 31.4 Å². The number of rotatable bonds is 8. The standard InChI is InChI=1S/C18H27NO/c1-2-3-4-5-6-7-13-18(20)16-10-8-12-17-15(16)11-9-14-19-17/h8,10,12,19H,2-7,9,11,13-14H2,1H3. The lowest BCUT2D eigenvalue weighted by atomic mass is 9.93. The third kappa shape index (κ3) is 4.09. The monoisotopic (exact) mass is 273 g/mol. The maximum Gasteiger partial charge on any atom is 0.163 e. The van der Waals surface area contributed by atoms with Crippen molar-refractivity contribution in [3.05, 3.63) is 29.3 Å². The van der Waals surface area contributed by atoms with E-state index in [1.165, 1.54) is 43.4 Å². The second kappa shape index (κ2) is 8.08. The Morgan fingerprint density at radius 1 is 1.15 bits per heavy atom. The molecule has 2 heteroatoms. The number of anilines is 1. The Bertz CT molecular complexity index is 439. The van der Waals surface area contributed by atoms with Gasteiger partial charge >= 0.3 is 0 Å². The second-order valence-electron chi connectivity index (χ2n) is 5.80. The molecule has 1 heterocycles. The predicted molar refractivity (Wildman–Crippen MR) is 85.6 cm³/mol. The van der Waals surface area contributed by atoms with Gasteiger partial charge in [0.1, 0.15) is 0 Å². The van der Waals surface area contributed by atoms with Crippen LogP contribution in [0.4, 0.5) is 5.69 Å². The van der Waals surface area contributed by atoms with Crippen LogP contribution in [-0.2, 0) is 6.42 Å². The van der Waals surface area contributed by atoms with Gasteiger partial charge in [-0.1, -0.05) is 51.2 Å². The summed E-state index contributed by atoms with van der Waals surface area (Å²) in [5, 5.41) is 3.40. The summed E-state index contributed by atoms with van der Waals surface area (Å²) in [5.41, 5.74) is 3.38. The van der Waals surface area contributed by atoms with Crippen LogP contribution in [0, 0.1) is 0 Å². The number of Topliss-reactive ketones (excluding diaryl/α,β-unsaturated/α-hetero) is 1. The zero-order valence-electron chi connectivity index (χ0n) is 12.7. The van der Waals surface area contributed by atoms with Crippen LogP contribution in [0.2, 0.25) is 0 Å². The van der Waals surface area contributed by atoms with Crippen molar-refractivity contribution in [2.45, 2.75) is 64.7 Å². The Kier molecular flexibility index (Phi) is 6.10. The van der Waals surface area contributed by atoms with Gasteiger partial charge in [-0.25, -0.2) is 0 Å². The van der Waals surface area contributed by atoms with Crippen LogP contribution < -0.4 is 5.32 Å². The summed E-state index contributed by atoms with van der Waals surface area (Å²) in [6.45, 7) is 3.26. The lowest BCUT2D eigenvalue weighted by Crippen LogP contribution is -2.15. The summed E-state index contributed by atoms with van der Waals surface area (Å²) in [5.74, 6) is 0.334. The number of fused-ring (bicyclic) bond motifs is 1. The van der Waals surface area contributed by atoms with E-state index in [0.29, 0.717) is 12.2 Å². The molecule has 0 saturated heterocycles. The summed E-state index contributed by atoms with van der Waals surface area (Å²) in [4.78, 5) is 12.4. The van der Waals surface area contributed by atoms with Crippen molar-refractivity contribution in [2.75, 3.05) is 11.9 Å². The first kappa shape index (κ1) is 15.1. The second-order valence-corrected chi connectivity index (χ2v) is 5.80. The van der Waals surface area contributed by atoms with Crippen LogP contribution in [-0.4, -0.2) is 12.3 Å². The first-order chi connectivity index (χ1) is 9.83. The van der Waals surface area contributed by atoms with Crippen molar-refractivity contribution in [1.82, 2.24) is 0 Å². The zero-order valence-corrected chi connectivity index (χ0v) is 12.7. The minimum absolute atomic E-state index is 0.334. The Hall–Kier alpha value is -1.31. The van der Waals surface area contributed by atoms with Crippen LogP contribution in [0.25, 0.3) is 0 Å². The van der Waals surface area contributed by atoms with Gasteiger partial charge in [0.15, 0.2) is 5.78 Å². The highest BCUT2D eigenvalue weighted by Crippen LogP contribution is 2.26. The first-order valence-corrected chi connectivity index (χ1v) is 8.22. The molecular weight excluding hydrogens is 246 g/mol. The largest absolute Gasteiger partial charge is 0.385 e. The lowest BCUT2D eigenvalue weighted by molar-refractivity contribution is 0.0978. The maximum absolute atomic E-state index is 12.4. The number of hydrogen-bond donors (Lipinski definition) is 1. The van der Waals surface area contributed by atoms with E-state index in [2.05, 4.69) is 18.3 Å². The predicted octanol–water partition coefficient (Wildman–Crippen LogP) is 4.98. The van der Waals surface area contributed by atoms with Crippen molar-refractivity contribution in [3.63, 3.8) is 0 Å². The van der Waals surface area contributed by atoms with Crippen LogP contribution in [0.15, 0.2) is 18.2 Å². The number of benzene rings is 1. The summed E-state index contributed by atoms with van der Waals surface area (Å²) in [7, 11) is 0. The molecule has 0 amide bonds. The van der Waals surface area contributed by atoms with Gasteiger partial charge in [0.05, 0.1) is 0 Å². The van der Waals surface area contributed by atoms with E-state index >= 15 is 0 Å². The van der Waals surface area contributed by atoms with Gasteiger partial charge in [-0.3, -0.25) is 4.79 Å². The minimum atomic E-state index is 0.334. The Labute approximate surface area is 123 Å². The van der Waals surface area contributed by atoms with Crippen molar-refractivity contribution in [1.29, 1.82) is 0 Å². The van der Waals surface area contributed by atoms with E-state index in [1.807, 2.05) is 12.1 Å². The summed E-state index contributed by atoms with van der Waals surface area (Å²) < 4.78 is 0. The number of carbonyl (C=O) groups excluding carboxylic acids is 1. The molecule has 2 nitrogen and oxygen atoms in total. The number of nitrogens with one attached hydrogen (secondary N) is 1. The van der Waals surface area contributed by atoms with E-state index in [1.54, 1.807) is 0 Å². The topological polar surface area (TPSA) is 29.1 Å². The number of ketones is 1. The molecule has 0 radical (unpaired) electrons. The molecular formula is C18H27NO. The molecule has 1 aliphatic rings. The molecule has 1 aromatic rings. The molecule has 0 atom stereocenters. The van der Waals surface area contributed by atoms with E-state index in [-0.39, 0.29) is 0 Å². The molecule has 0 aromatic heterocycles. The van der Waals surface area contributed by atoms with Gasteiger partial charge < -0.3 is 5.32 Å².